The van der Waals surface area contributed by atoms with E-state index in [0.717, 1.165) is 32.2 Å². The van der Waals surface area contributed by atoms with Crippen LogP contribution in [-0.2, 0) is 9.59 Å². The molecule has 1 N–H and O–H groups in total. The molecule has 1 heterocycles. The number of carbonyl (C=O) groups is 2. The van der Waals surface area contributed by atoms with Gasteiger partial charge in [0.1, 0.15) is 6.04 Å². The van der Waals surface area contributed by atoms with Crippen molar-refractivity contribution in [2.75, 3.05) is 13.1 Å². The Labute approximate surface area is 110 Å². The summed E-state index contributed by atoms with van der Waals surface area (Å²) in [5.74, 6) is 0.660. The Bertz CT molecular complexity index is 288. The average Bonchev–Trinajstić information content (AvgIpc) is 2.49. The third kappa shape index (κ3) is 4.00. The average molecular weight is 254 g/mol. The molecular weight excluding hydrogens is 228 g/mol. The van der Waals surface area contributed by atoms with Crippen LogP contribution in [-0.4, -0.2) is 35.8 Å². The van der Waals surface area contributed by atoms with Gasteiger partial charge in [0.05, 0.1) is 0 Å². The third-order valence-corrected chi connectivity index (χ3v) is 3.76. The van der Waals surface area contributed by atoms with Gasteiger partial charge in [0, 0.05) is 19.5 Å². The van der Waals surface area contributed by atoms with Crippen molar-refractivity contribution in [3.63, 3.8) is 0 Å². The molecule has 104 valence electrons. The van der Waals surface area contributed by atoms with E-state index in [-0.39, 0.29) is 17.9 Å². The Balaban J connectivity index is 2.70. The maximum atomic E-state index is 12.4. The Morgan fingerprint density at radius 3 is 2.50 bits per heavy atom. The van der Waals surface area contributed by atoms with Crippen LogP contribution in [0.25, 0.3) is 0 Å². The minimum atomic E-state index is -0.306. The maximum absolute atomic E-state index is 12.4. The summed E-state index contributed by atoms with van der Waals surface area (Å²) in [6.45, 7) is 7.71. The van der Waals surface area contributed by atoms with Crippen molar-refractivity contribution in [3.05, 3.63) is 0 Å². The standard InChI is InChI=1S/C14H26N2O2/c1-4-7-12-14(18)16(9-8-13(17)15-12)10-11(5-2)6-3/h11-12H,4-10H2,1-3H3,(H,15,17). The van der Waals surface area contributed by atoms with Gasteiger partial charge in [-0.15, -0.1) is 0 Å². The van der Waals surface area contributed by atoms with Gasteiger partial charge >= 0.3 is 0 Å². The van der Waals surface area contributed by atoms with Gasteiger partial charge in [0.15, 0.2) is 0 Å². The van der Waals surface area contributed by atoms with Crippen LogP contribution < -0.4 is 5.32 Å². The quantitative estimate of drug-likeness (QED) is 0.787. The number of hydrogen-bond donors (Lipinski definition) is 1. The van der Waals surface area contributed by atoms with Crippen molar-refractivity contribution in [1.29, 1.82) is 0 Å². The monoisotopic (exact) mass is 254 g/mol. The molecule has 1 atom stereocenters. The number of nitrogens with one attached hydrogen (secondary N) is 1. The lowest BCUT2D eigenvalue weighted by atomic mass is 10.0. The minimum Gasteiger partial charge on any atom is -0.344 e. The SMILES string of the molecule is CCCC1NC(=O)CCN(CC(CC)CC)C1=O. The first kappa shape index (κ1) is 15.0. The third-order valence-electron chi connectivity index (χ3n) is 3.76. The first-order chi connectivity index (χ1) is 8.62. The van der Waals surface area contributed by atoms with Gasteiger partial charge in [-0.2, -0.15) is 0 Å². The second-order valence-electron chi connectivity index (χ2n) is 5.13. The topological polar surface area (TPSA) is 49.4 Å². The van der Waals surface area contributed by atoms with Crippen LogP contribution in [0.4, 0.5) is 0 Å². The maximum Gasteiger partial charge on any atom is 0.245 e. The highest BCUT2D eigenvalue weighted by molar-refractivity contribution is 5.89. The van der Waals surface area contributed by atoms with Crippen molar-refractivity contribution in [3.8, 4) is 0 Å². The van der Waals surface area contributed by atoms with Gasteiger partial charge in [0.2, 0.25) is 11.8 Å². The summed E-state index contributed by atoms with van der Waals surface area (Å²) >= 11 is 0. The highest BCUT2D eigenvalue weighted by Crippen LogP contribution is 2.14. The first-order valence-electron chi connectivity index (χ1n) is 7.20. The van der Waals surface area contributed by atoms with Crippen LogP contribution in [0.1, 0.15) is 52.9 Å². The molecule has 0 aliphatic carbocycles. The zero-order chi connectivity index (χ0) is 13.5. The normalized spacial score (nSPS) is 21.1. The molecule has 0 radical (unpaired) electrons. The van der Waals surface area contributed by atoms with E-state index in [1.165, 1.54) is 0 Å². The molecule has 0 aromatic heterocycles. The summed E-state index contributed by atoms with van der Waals surface area (Å²) in [5, 5.41) is 2.84. The predicted octanol–water partition coefficient (Wildman–Crippen LogP) is 1.94. The lowest BCUT2D eigenvalue weighted by molar-refractivity contribution is -0.134. The number of nitrogens with zero attached hydrogens (tertiary/aromatic N) is 1. The van der Waals surface area contributed by atoms with Crippen molar-refractivity contribution in [2.45, 2.75) is 58.9 Å². The van der Waals surface area contributed by atoms with Gasteiger partial charge in [-0.25, -0.2) is 0 Å². The molecule has 0 aromatic carbocycles. The molecule has 4 nitrogen and oxygen atoms in total. The summed E-state index contributed by atoms with van der Waals surface area (Å²) in [4.78, 5) is 25.8. The highest BCUT2D eigenvalue weighted by atomic mass is 16.2. The largest absolute Gasteiger partial charge is 0.344 e. The molecule has 0 bridgehead atoms. The number of hydrogen-bond acceptors (Lipinski definition) is 2. The van der Waals surface area contributed by atoms with E-state index in [9.17, 15) is 9.59 Å². The first-order valence-corrected chi connectivity index (χ1v) is 7.20. The van der Waals surface area contributed by atoms with Gasteiger partial charge in [0.25, 0.3) is 0 Å². The molecule has 1 aliphatic heterocycles. The van der Waals surface area contributed by atoms with Crippen LogP contribution in [0.15, 0.2) is 0 Å². The Morgan fingerprint density at radius 1 is 1.28 bits per heavy atom. The molecule has 1 saturated heterocycles. The van der Waals surface area contributed by atoms with Crippen molar-refractivity contribution < 1.29 is 9.59 Å². The van der Waals surface area contributed by atoms with E-state index in [4.69, 9.17) is 0 Å². The van der Waals surface area contributed by atoms with E-state index in [1.54, 1.807) is 0 Å². The lowest BCUT2D eigenvalue weighted by Gasteiger charge is -2.27. The van der Waals surface area contributed by atoms with Gasteiger partial charge in [-0.1, -0.05) is 40.0 Å². The van der Waals surface area contributed by atoms with Gasteiger partial charge < -0.3 is 10.2 Å². The number of amides is 2. The molecule has 1 aliphatic rings. The highest BCUT2D eigenvalue weighted by Gasteiger charge is 2.29. The minimum absolute atomic E-state index is 0.00819. The summed E-state index contributed by atoms with van der Waals surface area (Å²) in [5.41, 5.74) is 0. The smallest absolute Gasteiger partial charge is 0.245 e. The van der Waals surface area contributed by atoms with E-state index < -0.39 is 0 Å². The van der Waals surface area contributed by atoms with Crippen molar-refractivity contribution in [2.24, 2.45) is 5.92 Å². The molecule has 1 unspecified atom stereocenters. The zero-order valence-electron chi connectivity index (χ0n) is 11.9. The van der Waals surface area contributed by atoms with E-state index >= 15 is 0 Å². The van der Waals surface area contributed by atoms with Gasteiger partial charge in [-0.05, 0) is 12.3 Å². The summed E-state index contributed by atoms with van der Waals surface area (Å²) in [6, 6.07) is -0.306. The molecule has 0 spiro atoms. The molecule has 0 saturated carbocycles. The molecule has 1 fully saturated rings. The van der Waals surface area contributed by atoms with Crippen LogP contribution in [0, 0.1) is 5.92 Å². The lowest BCUT2D eigenvalue weighted by Crippen LogP contribution is -2.45. The number of rotatable bonds is 6. The molecule has 0 aromatic rings. The Hall–Kier alpha value is -1.06. The summed E-state index contributed by atoms with van der Waals surface area (Å²) in [7, 11) is 0. The fraction of sp³-hybridized carbons (Fsp3) is 0.857. The second kappa shape index (κ2) is 7.39. The molecule has 1 rings (SSSR count). The zero-order valence-corrected chi connectivity index (χ0v) is 11.9. The molecule has 18 heavy (non-hydrogen) atoms. The second-order valence-corrected chi connectivity index (χ2v) is 5.13. The summed E-state index contributed by atoms with van der Waals surface area (Å²) in [6.07, 6.45) is 4.26. The Kier molecular flexibility index (Phi) is 6.16. The number of carbonyl (C=O) groups excluding carboxylic acids is 2. The predicted molar refractivity (Wildman–Crippen MR) is 72.1 cm³/mol. The van der Waals surface area contributed by atoms with Crippen molar-refractivity contribution in [1.82, 2.24) is 10.2 Å². The molecular formula is C14H26N2O2. The molecule has 4 heteroatoms. The van der Waals surface area contributed by atoms with Crippen LogP contribution in [0.3, 0.4) is 0 Å². The van der Waals surface area contributed by atoms with Crippen LogP contribution >= 0.6 is 0 Å². The van der Waals surface area contributed by atoms with Gasteiger partial charge in [-0.3, -0.25) is 9.59 Å². The van der Waals surface area contributed by atoms with E-state index in [0.29, 0.717) is 18.9 Å². The van der Waals surface area contributed by atoms with Crippen molar-refractivity contribution >= 4 is 11.8 Å². The molecule has 2 amide bonds. The van der Waals surface area contributed by atoms with E-state index in [1.807, 2.05) is 11.8 Å². The fourth-order valence-electron chi connectivity index (χ4n) is 2.42. The van der Waals surface area contributed by atoms with Crippen LogP contribution in [0.2, 0.25) is 0 Å². The Morgan fingerprint density at radius 2 is 1.94 bits per heavy atom. The van der Waals surface area contributed by atoms with E-state index in [2.05, 4.69) is 19.2 Å². The fourth-order valence-corrected chi connectivity index (χ4v) is 2.42. The summed E-state index contributed by atoms with van der Waals surface area (Å²) < 4.78 is 0. The van der Waals surface area contributed by atoms with Crippen LogP contribution in [0.5, 0.6) is 0 Å².